The normalized spacial score (nSPS) is 11.6. The highest BCUT2D eigenvalue weighted by Gasteiger charge is 2.22. The highest BCUT2D eigenvalue weighted by molar-refractivity contribution is 7.32. The number of thiazole rings is 1. The maximum atomic E-state index is 5.27. The van der Waals surface area contributed by atoms with Crippen LogP contribution in [0.4, 0.5) is 0 Å². The second-order valence-corrected chi connectivity index (χ2v) is 12.7. The van der Waals surface area contributed by atoms with E-state index in [1.807, 2.05) is 78.1 Å². The number of rotatable bonds is 4. The predicted molar refractivity (Wildman–Crippen MR) is 185 cm³/mol. The summed E-state index contributed by atoms with van der Waals surface area (Å²) in [5.74, 6) is 1.90. The van der Waals surface area contributed by atoms with Gasteiger partial charge in [-0.1, -0.05) is 127 Å². The fraction of sp³-hybridized carbons (Fsp3) is 0. The molecule has 0 aliphatic carbocycles. The van der Waals surface area contributed by atoms with E-state index in [-0.39, 0.29) is 0 Å². The van der Waals surface area contributed by atoms with E-state index < -0.39 is 0 Å². The van der Waals surface area contributed by atoms with Crippen LogP contribution in [0.15, 0.2) is 133 Å². The van der Waals surface area contributed by atoms with Gasteiger partial charge in [0.05, 0.1) is 14.9 Å². The Labute approximate surface area is 261 Å². The summed E-state index contributed by atoms with van der Waals surface area (Å²) in [7, 11) is 0. The van der Waals surface area contributed by atoms with E-state index in [2.05, 4.69) is 66.7 Å². The van der Waals surface area contributed by atoms with Crippen molar-refractivity contribution in [1.29, 1.82) is 0 Å². The van der Waals surface area contributed by atoms with Gasteiger partial charge in [0, 0.05) is 37.7 Å². The minimum Gasteiger partial charge on any atom is -0.235 e. The molecule has 0 N–H and O–H groups in total. The molecule has 0 aliphatic rings. The van der Waals surface area contributed by atoms with E-state index in [0.717, 1.165) is 37.5 Å². The molecule has 6 heteroatoms. The lowest BCUT2D eigenvalue weighted by atomic mass is 10.0. The van der Waals surface area contributed by atoms with Crippen LogP contribution in [-0.2, 0) is 0 Å². The minimum atomic E-state index is 0.620. The fourth-order valence-corrected chi connectivity index (χ4v) is 8.37. The van der Waals surface area contributed by atoms with Crippen LogP contribution >= 0.6 is 22.7 Å². The van der Waals surface area contributed by atoms with Crippen molar-refractivity contribution < 1.29 is 0 Å². The molecular formula is C38H22N4S2. The Balaban J connectivity index is 1.39. The Hall–Kier alpha value is -5.30. The molecule has 0 spiro atoms. The average Bonchev–Trinajstić information content (AvgIpc) is 3.72. The Bertz CT molecular complexity index is 2430. The standard InChI is InChI=1S/C38H22N4S2/c1-4-13-24(14-5-1)35-40-36(25-15-6-2-7-16-25)42-37(41-35)30-22-29-28-21-20-23-12-10-11-19-27(23)32(28)43-33(29)34-31(30)39-38(44-34)26-17-8-3-9-18-26/h1-22H. The molecule has 0 saturated heterocycles. The number of benzene rings is 6. The third-order valence-corrected chi connectivity index (χ3v) is 10.5. The monoisotopic (exact) mass is 598 g/mol. The van der Waals surface area contributed by atoms with Crippen molar-refractivity contribution in [1.82, 2.24) is 19.9 Å². The van der Waals surface area contributed by atoms with Gasteiger partial charge in [-0.15, -0.1) is 22.7 Å². The van der Waals surface area contributed by atoms with Gasteiger partial charge in [0.1, 0.15) is 5.01 Å². The predicted octanol–water partition coefficient (Wildman–Crippen LogP) is 10.7. The fourth-order valence-electron chi connectivity index (χ4n) is 5.83. The van der Waals surface area contributed by atoms with Crippen molar-refractivity contribution in [3.8, 4) is 44.7 Å². The largest absolute Gasteiger partial charge is 0.235 e. The molecule has 6 aromatic carbocycles. The van der Waals surface area contributed by atoms with Crippen LogP contribution in [-0.4, -0.2) is 19.9 Å². The van der Waals surface area contributed by atoms with Gasteiger partial charge in [-0.2, -0.15) is 0 Å². The first kappa shape index (κ1) is 25.2. The summed E-state index contributed by atoms with van der Waals surface area (Å²) < 4.78 is 3.69. The van der Waals surface area contributed by atoms with E-state index in [1.54, 1.807) is 11.3 Å². The third kappa shape index (κ3) is 4.11. The smallest absolute Gasteiger partial charge is 0.166 e. The van der Waals surface area contributed by atoms with Gasteiger partial charge in [0.2, 0.25) is 0 Å². The lowest BCUT2D eigenvalue weighted by Gasteiger charge is -2.09. The van der Waals surface area contributed by atoms with Gasteiger partial charge in [-0.25, -0.2) is 19.9 Å². The lowest BCUT2D eigenvalue weighted by molar-refractivity contribution is 1.08. The van der Waals surface area contributed by atoms with E-state index in [1.165, 1.54) is 30.9 Å². The highest BCUT2D eigenvalue weighted by Crippen LogP contribution is 2.47. The van der Waals surface area contributed by atoms with E-state index in [9.17, 15) is 0 Å². The molecule has 4 nitrogen and oxygen atoms in total. The van der Waals surface area contributed by atoms with Crippen LogP contribution in [0.2, 0.25) is 0 Å². The topological polar surface area (TPSA) is 51.6 Å². The molecule has 0 bridgehead atoms. The Kier molecular flexibility index (Phi) is 5.82. The molecule has 3 aromatic heterocycles. The molecule has 3 heterocycles. The van der Waals surface area contributed by atoms with E-state index in [0.29, 0.717) is 17.5 Å². The van der Waals surface area contributed by atoms with Crippen LogP contribution in [0.3, 0.4) is 0 Å². The second kappa shape index (κ2) is 10.2. The van der Waals surface area contributed by atoms with Crippen molar-refractivity contribution in [2.24, 2.45) is 0 Å². The number of aromatic nitrogens is 4. The molecule has 0 saturated carbocycles. The quantitative estimate of drug-likeness (QED) is 0.202. The summed E-state index contributed by atoms with van der Waals surface area (Å²) >= 11 is 3.59. The van der Waals surface area contributed by atoms with Gasteiger partial charge in [0.15, 0.2) is 17.5 Å². The number of hydrogen-bond acceptors (Lipinski definition) is 6. The van der Waals surface area contributed by atoms with Crippen LogP contribution in [0.5, 0.6) is 0 Å². The van der Waals surface area contributed by atoms with Crippen molar-refractivity contribution in [2.45, 2.75) is 0 Å². The zero-order chi connectivity index (χ0) is 29.0. The summed E-state index contributed by atoms with van der Waals surface area (Å²) in [5.41, 5.74) is 4.82. The van der Waals surface area contributed by atoms with Gasteiger partial charge < -0.3 is 0 Å². The summed E-state index contributed by atoms with van der Waals surface area (Å²) in [6.45, 7) is 0. The van der Waals surface area contributed by atoms with E-state index >= 15 is 0 Å². The van der Waals surface area contributed by atoms with Crippen molar-refractivity contribution in [3.05, 3.63) is 133 Å². The molecule has 44 heavy (non-hydrogen) atoms. The highest BCUT2D eigenvalue weighted by atomic mass is 32.1. The van der Waals surface area contributed by atoms with Gasteiger partial charge in [0.25, 0.3) is 0 Å². The molecule has 0 fully saturated rings. The summed E-state index contributed by atoms with van der Waals surface area (Å²) in [5, 5.41) is 5.94. The molecule has 0 unspecified atom stereocenters. The minimum absolute atomic E-state index is 0.620. The molecular weight excluding hydrogens is 577 g/mol. The first-order chi connectivity index (χ1) is 21.8. The Morgan fingerprint density at radius 2 is 0.977 bits per heavy atom. The van der Waals surface area contributed by atoms with Crippen LogP contribution < -0.4 is 0 Å². The number of nitrogens with zero attached hydrogens (tertiary/aromatic N) is 4. The Morgan fingerprint density at radius 3 is 1.66 bits per heavy atom. The molecule has 9 rings (SSSR count). The average molecular weight is 599 g/mol. The number of thiophene rings is 1. The van der Waals surface area contributed by atoms with Crippen molar-refractivity contribution in [3.63, 3.8) is 0 Å². The van der Waals surface area contributed by atoms with E-state index in [4.69, 9.17) is 19.9 Å². The van der Waals surface area contributed by atoms with Gasteiger partial charge in [-0.3, -0.25) is 0 Å². The zero-order valence-electron chi connectivity index (χ0n) is 23.3. The van der Waals surface area contributed by atoms with Crippen LogP contribution in [0.25, 0.3) is 85.9 Å². The zero-order valence-corrected chi connectivity index (χ0v) is 24.9. The van der Waals surface area contributed by atoms with Crippen LogP contribution in [0, 0.1) is 0 Å². The first-order valence-electron chi connectivity index (χ1n) is 14.4. The Morgan fingerprint density at radius 1 is 0.386 bits per heavy atom. The summed E-state index contributed by atoms with van der Waals surface area (Å²) in [4.78, 5) is 20.4. The molecule has 0 aliphatic heterocycles. The maximum Gasteiger partial charge on any atom is 0.166 e. The summed E-state index contributed by atoms with van der Waals surface area (Å²) in [6, 6.07) is 46.0. The SMILES string of the molecule is c1ccc(-c2nc(-c3ccccc3)nc(-c3cc4c5ccc6ccccc6c5sc4c4sc(-c5ccccc5)nc34)n2)cc1. The van der Waals surface area contributed by atoms with Crippen molar-refractivity contribution >= 4 is 63.8 Å². The summed E-state index contributed by atoms with van der Waals surface area (Å²) in [6.07, 6.45) is 0. The van der Waals surface area contributed by atoms with Gasteiger partial charge in [-0.05, 0) is 16.8 Å². The second-order valence-electron chi connectivity index (χ2n) is 10.7. The molecule has 0 radical (unpaired) electrons. The number of fused-ring (bicyclic) bond motifs is 7. The molecule has 0 atom stereocenters. The van der Waals surface area contributed by atoms with Crippen molar-refractivity contribution in [2.75, 3.05) is 0 Å². The molecule has 9 aromatic rings. The first-order valence-corrected chi connectivity index (χ1v) is 16.0. The third-order valence-electron chi connectivity index (χ3n) is 7.96. The maximum absolute atomic E-state index is 5.27. The molecule has 0 amide bonds. The lowest BCUT2D eigenvalue weighted by Crippen LogP contribution is -2.00. The number of hydrogen-bond donors (Lipinski definition) is 0. The van der Waals surface area contributed by atoms with Gasteiger partial charge >= 0.3 is 0 Å². The molecule has 206 valence electrons. The van der Waals surface area contributed by atoms with Crippen LogP contribution in [0.1, 0.15) is 0 Å².